The molecule has 5 heteroatoms. The number of nitrogens with zero attached hydrogens (tertiary/aromatic N) is 2. The fourth-order valence-corrected chi connectivity index (χ4v) is 4.27. The average molecular weight is 409 g/mol. The maximum absolute atomic E-state index is 12.5. The van der Waals surface area contributed by atoms with Gasteiger partial charge < -0.3 is 5.32 Å². The Morgan fingerprint density at radius 2 is 1.65 bits per heavy atom. The van der Waals surface area contributed by atoms with Crippen molar-refractivity contribution in [3.05, 3.63) is 89.5 Å². The van der Waals surface area contributed by atoms with Crippen molar-refractivity contribution in [3.8, 4) is 11.1 Å². The maximum atomic E-state index is 12.5. The summed E-state index contributed by atoms with van der Waals surface area (Å²) >= 11 is 0. The highest BCUT2D eigenvalue weighted by Crippen LogP contribution is 2.37. The van der Waals surface area contributed by atoms with Crippen LogP contribution in [-0.2, 0) is 16.0 Å². The summed E-state index contributed by atoms with van der Waals surface area (Å²) in [6, 6.07) is 24.3. The minimum absolute atomic E-state index is 0.120. The molecule has 0 atom stereocenters. The first kappa shape index (κ1) is 19.2. The van der Waals surface area contributed by atoms with Crippen LogP contribution in [0.5, 0.6) is 0 Å². The van der Waals surface area contributed by atoms with Gasteiger partial charge in [0, 0.05) is 24.9 Å². The van der Waals surface area contributed by atoms with E-state index in [4.69, 9.17) is 0 Å². The van der Waals surface area contributed by atoms with E-state index in [0.717, 1.165) is 29.8 Å². The third-order valence-corrected chi connectivity index (χ3v) is 5.84. The molecule has 2 amide bonds. The van der Waals surface area contributed by atoms with Gasteiger partial charge in [-0.05, 0) is 46.4 Å². The smallest absolute Gasteiger partial charge is 0.243 e. The number of nitrogens with one attached hydrogen (secondary N) is 1. The molecule has 0 unspecified atom stereocenters. The van der Waals surface area contributed by atoms with Crippen molar-refractivity contribution in [2.75, 3.05) is 11.9 Å². The predicted molar refractivity (Wildman–Crippen MR) is 122 cm³/mol. The van der Waals surface area contributed by atoms with E-state index in [1.54, 1.807) is 0 Å². The zero-order valence-corrected chi connectivity index (χ0v) is 17.2. The van der Waals surface area contributed by atoms with Crippen molar-refractivity contribution in [3.63, 3.8) is 0 Å². The van der Waals surface area contributed by atoms with Crippen LogP contribution in [0.1, 0.15) is 36.0 Å². The van der Waals surface area contributed by atoms with Crippen molar-refractivity contribution in [1.82, 2.24) is 5.01 Å². The van der Waals surface area contributed by atoms with Gasteiger partial charge in [-0.3, -0.25) is 9.59 Å². The van der Waals surface area contributed by atoms with E-state index in [9.17, 15) is 9.59 Å². The molecule has 3 aromatic carbocycles. The van der Waals surface area contributed by atoms with Crippen molar-refractivity contribution < 1.29 is 9.59 Å². The van der Waals surface area contributed by atoms with Gasteiger partial charge in [-0.25, -0.2) is 5.01 Å². The van der Waals surface area contributed by atoms with E-state index in [-0.39, 0.29) is 24.7 Å². The van der Waals surface area contributed by atoms with Crippen molar-refractivity contribution in [1.29, 1.82) is 0 Å². The molecule has 0 bridgehead atoms. The zero-order chi connectivity index (χ0) is 21.2. The molecule has 1 aliphatic heterocycles. The summed E-state index contributed by atoms with van der Waals surface area (Å²) in [5.41, 5.74) is 7.75. The molecule has 0 aromatic heterocycles. The van der Waals surface area contributed by atoms with E-state index in [0.29, 0.717) is 6.54 Å². The molecule has 2 aliphatic rings. The van der Waals surface area contributed by atoms with Crippen LogP contribution >= 0.6 is 0 Å². The number of rotatable bonds is 5. The third kappa shape index (κ3) is 3.99. The van der Waals surface area contributed by atoms with Crippen LogP contribution in [0.2, 0.25) is 0 Å². The van der Waals surface area contributed by atoms with Gasteiger partial charge in [0.15, 0.2) is 0 Å². The van der Waals surface area contributed by atoms with E-state index < -0.39 is 0 Å². The van der Waals surface area contributed by atoms with Gasteiger partial charge in [-0.1, -0.05) is 60.7 Å². The van der Waals surface area contributed by atoms with Gasteiger partial charge in [-0.2, -0.15) is 5.10 Å². The first-order valence-corrected chi connectivity index (χ1v) is 10.6. The Hall–Kier alpha value is -3.73. The fraction of sp³-hybridized carbons (Fsp3) is 0.192. The minimum Gasteiger partial charge on any atom is -0.326 e. The van der Waals surface area contributed by atoms with Crippen LogP contribution in [0.3, 0.4) is 0 Å². The number of amides is 2. The van der Waals surface area contributed by atoms with Crippen molar-refractivity contribution in [2.45, 2.75) is 25.7 Å². The van der Waals surface area contributed by atoms with Crippen LogP contribution < -0.4 is 5.32 Å². The monoisotopic (exact) mass is 409 g/mol. The first-order valence-electron chi connectivity index (χ1n) is 10.6. The van der Waals surface area contributed by atoms with E-state index in [1.807, 2.05) is 48.5 Å². The molecule has 154 valence electrons. The van der Waals surface area contributed by atoms with Gasteiger partial charge in [-0.15, -0.1) is 0 Å². The quantitative estimate of drug-likeness (QED) is 0.523. The molecule has 1 heterocycles. The molecule has 0 spiro atoms. The molecule has 0 radical (unpaired) electrons. The lowest BCUT2D eigenvalue weighted by molar-refractivity contribution is -0.132. The Bertz CT molecular complexity index is 1180. The summed E-state index contributed by atoms with van der Waals surface area (Å²) in [5.74, 6) is -0.277. The van der Waals surface area contributed by atoms with Crippen LogP contribution in [0.4, 0.5) is 5.69 Å². The number of hydrogen-bond donors (Lipinski definition) is 1. The fourth-order valence-electron chi connectivity index (χ4n) is 4.27. The van der Waals surface area contributed by atoms with Crippen LogP contribution in [0.15, 0.2) is 77.9 Å². The zero-order valence-electron chi connectivity index (χ0n) is 17.2. The van der Waals surface area contributed by atoms with Crippen molar-refractivity contribution >= 4 is 23.2 Å². The third-order valence-electron chi connectivity index (χ3n) is 5.84. The largest absolute Gasteiger partial charge is 0.326 e. The molecule has 0 fully saturated rings. The highest BCUT2D eigenvalue weighted by atomic mass is 16.2. The van der Waals surface area contributed by atoms with Gasteiger partial charge in [0.05, 0.1) is 12.3 Å². The highest BCUT2D eigenvalue weighted by Gasteiger charge is 2.22. The molecule has 0 saturated carbocycles. The molecule has 5 rings (SSSR count). The summed E-state index contributed by atoms with van der Waals surface area (Å²) in [6.07, 6.45) is 1.90. The van der Waals surface area contributed by atoms with E-state index in [1.165, 1.54) is 27.3 Å². The van der Waals surface area contributed by atoms with E-state index >= 15 is 0 Å². The number of carbonyl (C=O) groups excluding carboxylic acids is 2. The molecule has 1 aliphatic carbocycles. The SMILES string of the molecule is O=C(CCC(=O)N1CCC(c2ccccc2)=N1)Nc1ccc2c(c1)Cc1ccccc1-2. The average Bonchev–Trinajstić information content (AvgIpc) is 3.43. The number of carbonyl (C=O) groups is 2. The number of anilines is 1. The minimum atomic E-state index is -0.157. The molecule has 1 N–H and O–H groups in total. The lowest BCUT2D eigenvalue weighted by Gasteiger charge is -2.11. The maximum Gasteiger partial charge on any atom is 0.243 e. The Kier molecular flexibility index (Phi) is 5.08. The summed E-state index contributed by atoms with van der Waals surface area (Å²) in [7, 11) is 0. The van der Waals surface area contributed by atoms with Gasteiger partial charge in [0.25, 0.3) is 0 Å². The molecule has 31 heavy (non-hydrogen) atoms. The second-order valence-electron chi connectivity index (χ2n) is 7.93. The molecular formula is C26H23N3O2. The second kappa shape index (κ2) is 8.19. The summed E-state index contributed by atoms with van der Waals surface area (Å²) < 4.78 is 0. The Labute approximate surface area is 181 Å². The van der Waals surface area contributed by atoms with E-state index in [2.05, 4.69) is 34.7 Å². The summed E-state index contributed by atoms with van der Waals surface area (Å²) in [4.78, 5) is 24.9. The van der Waals surface area contributed by atoms with Crippen LogP contribution in [0.25, 0.3) is 11.1 Å². The highest BCUT2D eigenvalue weighted by molar-refractivity contribution is 6.03. The second-order valence-corrected chi connectivity index (χ2v) is 7.93. The topological polar surface area (TPSA) is 61.8 Å². The van der Waals surface area contributed by atoms with Crippen molar-refractivity contribution in [2.24, 2.45) is 5.10 Å². The molecular weight excluding hydrogens is 386 g/mol. The van der Waals surface area contributed by atoms with Crippen LogP contribution in [-0.4, -0.2) is 29.1 Å². The molecule has 5 nitrogen and oxygen atoms in total. The number of benzene rings is 3. The lowest BCUT2D eigenvalue weighted by Crippen LogP contribution is -2.25. The van der Waals surface area contributed by atoms with Gasteiger partial charge >= 0.3 is 0 Å². The summed E-state index contributed by atoms with van der Waals surface area (Å²) in [5, 5.41) is 8.87. The molecule has 0 saturated heterocycles. The number of hydrogen-bond acceptors (Lipinski definition) is 3. The Morgan fingerprint density at radius 3 is 2.52 bits per heavy atom. The Balaban J connectivity index is 1.16. The normalized spacial score (nSPS) is 14.1. The predicted octanol–water partition coefficient (Wildman–Crippen LogP) is 4.61. The number of hydrazone groups is 1. The van der Waals surface area contributed by atoms with Gasteiger partial charge in [0.1, 0.15) is 0 Å². The molecule has 3 aromatic rings. The standard InChI is InChI=1S/C26H23N3O2/c30-25(12-13-26(31)29-15-14-24(28-29)18-6-2-1-3-7-18)27-21-10-11-23-20(17-21)16-19-8-4-5-9-22(19)23/h1-11,17H,12-16H2,(H,27,30). The van der Waals surface area contributed by atoms with Crippen LogP contribution in [0, 0.1) is 0 Å². The Morgan fingerprint density at radius 1 is 0.871 bits per heavy atom. The lowest BCUT2D eigenvalue weighted by atomic mass is 10.1. The number of fused-ring (bicyclic) bond motifs is 3. The van der Waals surface area contributed by atoms with Gasteiger partial charge in [0.2, 0.25) is 11.8 Å². The summed E-state index contributed by atoms with van der Waals surface area (Å²) in [6.45, 7) is 0.566. The first-order chi connectivity index (χ1) is 15.2.